The van der Waals surface area contributed by atoms with Crippen LogP contribution in [0, 0.1) is 0 Å². The molecular weight excluding hydrogens is 354 g/mol. The second kappa shape index (κ2) is 7.87. The van der Waals surface area contributed by atoms with Crippen LogP contribution in [0.4, 0.5) is 11.6 Å². The van der Waals surface area contributed by atoms with E-state index in [0.717, 1.165) is 49.7 Å². The highest BCUT2D eigenvalue weighted by Gasteiger charge is 2.36. The lowest BCUT2D eigenvalue weighted by molar-refractivity contribution is 0.200. The van der Waals surface area contributed by atoms with Gasteiger partial charge in [0.05, 0.1) is 0 Å². The van der Waals surface area contributed by atoms with E-state index in [4.69, 9.17) is 0 Å². The maximum absolute atomic E-state index is 11.5. The lowest BCUT2D eigenvalue weighted by Gasteiger charge is -2.39. The molecule has 1 aliphatic heterocycles. The van der Waals surface area contributed by atoms with E-state index >= 15 is 0 Å². The molecule has 0 bridgehead atoms. The summed E-state index contributed by atoms with van der Waals surface area (Å²) >= 11 is 0. The van der Waals surface area contributed by atoms with Crippen molar-refractivity contribution < 1.29 is 0 Å². The monoisotopic (exact) mass is 383 g/mol. The Morgan fingerprint density at radius 2 is 1.71 bits per heavy atom. The first-order valence-electron chi connectivity index (χ1n) is 10.0. The molecule has 8 nitrogen and oxygen atoms in total. The number of piperidine rings is 1. The Morgan fingerprint density at radius 1 is 1.04 bits per heavy atom. The second-order valence-corrected chi connectivity index (χ2v) is 8.13. The van der Waals surface area contributed by atoms with Crippen LogP contribution in [0.25, 0.3) is 0 Å². The Bertz CT molecular complexity index is 869. The zero-order valence-electron chi connectivity index (χ0n) is 17.0. The minimum absolute atomic E-state index is 0.204. The summed E-state index contributed by atoms with van der Waals surface area (Å²) < 4.78 is 1.55. The van der Waals surface area contributed by atoms with Crippen molar-refractivity contribution in [2.45, 2.75) is 44.3 Å². The molecule has 28 heavy (non-hydrogen) atoms. The van der Waals surface area contributed by atoms with Crippen molar-refractivity contribution in [2.24, 2.45) is 7.05 Å². The fourth-order valence-corrected chi connectivity index (χ4v) is 4.01. The number of aryl methyl sites for hydroxylation is 1. The average Bonchev–Trinajstić information content (AvgIpc) is 3.52. The largest absolute Gasteiger partial charge is 0.363 e. The maximum atomic E-state index is 11.5. The van der Waals surface area contributed by atoms with Crippen LogP contribution in [0.3, 0.4) is 0 Å². The smallest absolute Gasteiger partial charge is 0.347 e. The minimum atomic E-state index is -0.204. The van der Waals surface area contributed by atoms with Crippen molar-refractivity contribution in [3.63, 3.8) is 0 Å². The highest BCUT2D eigenvalue weighted by atomic mass is 16.1. The van der Waals surface area contributed by atoms with Gasteiger partial charge in [0.1, 0.15) is 18.0 Å². The summed E-state index contributed by atoms with van der Waals surface area (Å²) in [7, 11) is 5.78. The van der Waals surface area contributed by atoms with Crippen LogP contribution in [-0.2, 0) is 13.6 Å². The third-order valence-electron chi connectivity index (χ3n) is 5.66. The van der Waals surface area contributed by atoms with E-state index in [1.807, 2.05) is 25.2 Å². The van der Waals surface area contributed by atoms with Crippen molar-refractivity contribution in [3.05, 3.63) is 40.8 Å². The van der Waals surface area contributed by atoms with E-state index in [1.165, 1.54) is 12.8 Å². The molecule has 0 unspecified atom stereocenters. The third kappa shape index (κ3) is 4.16. The summed E-state index contributed by atoms with van der Waals surface area (Å²) in [6.45, 7) is 2.93. The van der Waals surface area contributed by atoms with Crippen molar-refractivity contribution >= 4 is 11.6 Å². The SMILES string of the molecule is CN(C)c1cc(N(C2CC2)C2CCN(Cc3cnc(=O)n(C)c3)CC2)ncn1. The van der Waals surface area contributed by atoms with Crippen molar-refractivity contribution in [2.75, 3.05) is 37.0 Å². The van der Waals surface area contributed by atoms with Crippen LogP contribution in [-0.4, -0.2) is 63.7 Å². The molecule has 1 saturated heterocycles. The quantitative estimate of drug-likeness (QED) is 0.744. The normalized spacial score (nSPS) is 18.2. The van der Waals surface area contributed by atoms with Crippen molar-refractivity contribution in [1.82, 2.24) is 24.4 Å². The number of likely N-dealkylation sites (tertiary alicyclic amines) is 1. The van der Waals surface area contributed by atoms with Crippen LogP contribution in [0.2, 0.25) is 0 Å². The predicted octanol–water partition coefficient (Wildman–Crippen LogP) is 1.27. The van der Waals surface area contributed by atoms with E-state index in [1.54, 1.807) is 24.1 Å². The number of aromatic nitrogens is 4. The van der Waals surface area contributed by atoms with Gasteiger partial charge >= 0.3 is 5.69 Å². The molecule has 3 heterocycles. The maximum Gasteiger partial charge on any atom is 0.347 e. The van der Waals surface area contributed by atoms with Crippen molar-refractivity contribution in [1.29, 1.82) is 0 Å². The molecule has 2 fully saturated rings. The molecule has 2 aromatic heterocycles. The molecule has 8 heteroatoms. The molecule has 4 rings (SSSR count). The molecular formula is C20H29N7O. The second-order valence-electron chi connectivity index (χ2n) is 8.13. The first-order chi connectivity index (χ1) is 13.5. The van der Waals surface area contributed by atoms with Gasteiger partial charge < -0.3 is 14.4 Å². The molecule has 0 aromatic carbocycles. The van der Waals surface area contributed by atoms with E-state index in [0.29, 0.717) is 12.1 Å². The minimum Gasteiger partial charge on any atom is -0.363 e. The summed E-state index contributed by atoms with van der Waals surface area (Å²) in [6.07, 6.45) is 10.0. The van der Waals surface area contributed by atoms with E-state index in [9.17, 15) is 4.79 Å². The Balaban J connectivity index is 1.42. The number of anilines is 2. The van der Waals surface area contributed by atoms with Gasteiger partial charge in [-0.05, 0) is 25.7 Å². The van der Waals surface area contributed by atoms with E-state index < -0.39 is 0 Å². The van der Waals surface area contributed by atoms with Crippen LogP contribution in [0.15, 0.2) is 29.6 Å². The summed E-state index contributed by atoms with van der Waals surface area (Å²) in [5.41, 5.74) is 0.885. The van der Waals surface area contributed by atoms with Crippen LogP contribution < -0.4 is 15.5 Å². The first kappa shape index (κ1) is 18.9. The lowest BCUT2D eigenvalue weighted by atomic mass is 10.0. The molecule has 150 valence electrons. The zero-order chi connectivity index (χ0) is 19.7. The first-order valence-corrected chi connectivity index (χ1v) is 10.0. The van der Waals surface area contributed by atoms with Gasteiger partial charge in [-0.25, -0.2) is 19.7 Å². The topological polar surface area (TPSA) is 70.4 Å². The third-order valence-corrected chi connectivity index (χ3v) is 5.66. The van der Waals surface area contributed by atoms with Gasteiger partial charge in [-0.15, -0.1) is 0 Å². The Kier molecular flexibility index (Phi) is 5.30. The molecule has 0 atom stereocenters. The van der Waals surface area contributed by atoms with Gasteiger partial charge in [-0.2, -0.15) is 0 Å². The van der Waals surface area contributed by atoms with Gasteiger partial charge in [0, 0.05) is 76.9 Å². The molecule has 1 aliphatic carbocycles. The molecule has 0 amide bonds. The predicted molar refractivity (Wildman–Crippen MR) is 110 cm³/mol. The van der Waals surface area contributed by atoms with Gasteiger partial charge in [-0.1, -0.05) is 0 Å². The van der Waals surface area contributed by atoms with Crippen LogP contribution in [0.1, 0.15) is 31.2 Å². The number of hydrogen-bond acceptors (Lipinski definition) is 7. The Morgan fingerprint density at radius 3 is 2.36 bits per heavy atom. The van der Waals surface area contributed by atoms with Gasteiger partial charge in [0.15, 0.2) is 0 Å². The van der Waals surface area contributed by atoms with Gasteiger partial charge in [-0.3, -0.25) is 4.90 Å². The van der Waals surface area contributed by atoms with E-state index in [2.05, 4.69) is 30.8 Å². The fourth-order valence-electron chi connectivity index (χ4n) is 4.01. The number of nitrogens with zero attached hydrogens (tertiary/aromatic N) is 7. The number of hydrogen-bond donors (Lipinski definition) is 0. The van der Waals surface area contributed by atoms with Gasteiger partial charge in [0.25, 0.3) is 0 Å². The molecule has 0 N–H and O–H groups in total. The summed E-state index contributed by atoms with van der Waals surface area (Å²) in [5.74, 6) is 2.01. The molecule has 2 aromatic rings. The molecule has 0 spiro atoms. The standard InChI is InChI=1S/C20H29N7O/c1-24(2)18-10-19(23-14-22-18)27(16-4-5-16)17-6-8-26(9-7-17)13-15-11-21-20(28)25(3)12-15/h10-12,14,16-17H,4-9,13H2,1-3H3. The molecule has 2 aliphatic rings. The Hall–Kier alpha value is -2.48. The summed E-state index contributed by atoms with van der Waals surface area (Å²) in [6, 6.07) is 3.25. The van der Waals surface area contributed by atoms with Crippen LogP contribution in [0.5, 0.6) is 0 Å². The number of rotatable bonds is 6. The molecule has 1 saturated carbocycles. The highest BCUT2D eigenvalue weighted by Crippen LogP contribution is 2.36. The van der Waals surface area contributed by atoms with Crippen LogP contribution >= 0.6 is 0 Å². The summed E-state index contributed by atoms with van der Waals surface area (Å²) in [4.78, 5) is 31.4. The average molecular weight is 384 g/mol. The van der Waals surface area contributed by atoms with Crippen molar-refractivity contribution in [3.8, 4) is 0 Å². The van der Waals surface area contributed by atoms with E-state index in [-0.39, 0.29) is 5.69 Å². The lowest BCUT2D eigenvalue weighted by Crippen LogP contribution is -2.46. The summed E-state index contributed by atoms with van der Waals surface area (Å²) in [5, 5.41) is 0. The zero-order valence-corrected chi connectivity index (χ0v) is 17.0. The Labute approximate surface area is 165 Å². The van der Waals surface area contributed by atoms with Gasteiger partial charge in [0.2, 0.25) is 0 Å². The highest BCUT2D eigenvalue weighted by molar-refractivity contribution is 5.51. The fraction of sp³-hybridized carbons (Fsp3) is 0.600. The molecule has 0 radical (unpaired) electrons.